The van der Waals surface area contributed by atoms with Crippen LogP contribution in [0.2, 0.25) is 5.02 Å². The highest BCUT2D eigenvalue weighted by atomic mass is 35.5. The van der Waals surface area contributed by atoms with Crippen LogP contribution in [0, 0.1) is 19.8 Å². The molecule has 3 aromatic carbocycles. The Morgan fingerprint density at radius 2 is 1.68 bits per heavy atom. The van der Waals surface area contributed by atoms with Gasteiger partial charge < -0.3 is 14.4 Å². The van der Waals surface area contributed by atoms with Crippen molar-refractivity contribution in [2.45, 2.75) is 80.0 Å². The summed E-state index contributed by atoms with van der Waals surface area (Å²) < 4.78 is 8.12. The summed E-state index contributed by atoms with van der Waals surface area (Å²) in [5.74, 6) is -0.325. The molecule has 0 radical (unpaired) electrons. The molecule has 0 spiro atoms. The molecule has 1 aromatic heterocycles. The molecule has 0 aliphatic rings. The zero-order valence-electron chi connectivity index (χ0n) is 25.3. The SMILES string of the molecule is CC(=NC(C)c1cccc(C(C)C)c1)c1ccc2c(c1)c(C)c(C)n2Cc1ccc(Cl)c(OC(C(=O)O)C(C)C)c1. The number of hydrogen-bond acceptors (Lipinski definition) is 3. The van der Waals surface area contributed by atoms with Crippen molar-refractivity contribution in [3.63, 3.8) is 0 Å². The number of rotatable bonds is 10. The third kappa shape index (κ3) is 6.68. The first-order valence-corrected chi connectivity index (χ1v) is 14.7. The molecule has 5 nitrogen and oxygen atoms in total. The molecule has 1 N–H and O–H groups in total. The van der Waals surface area contributed by atoms with Crippen LogP contribution in [0.25, 0.3) is 10.9 Å². The molecule has 0 fully saturated rings. The van der Waals surface area contributed by atoms with E-state index in [-0.39, 0.29) is 12.0 Å². The van der Waals surface area contributed by atoms with E-state index in [9.17, 15) is 9.90 Å². The lowest BCUT2D eigenvalue weighted by Gasteiger charge is -2.20. The van der Waals surface area contributed by atoms with Gasteiger partial charge in [-0.15, -0.1) is 0 Å². The van der Waals surface area contributed by atoms with Crippen LogP contribution in [0.4, 0.5) is 0 Å². The highest BCUT2D eigenvalue weighted by molar-refractivity contribution is 6.32. The largest absolute Gasteiger partial charge is 0.478 e. The number of benzene rings is 3. The second-order valence-electron chi connectivity index (χ2n) is 11.6. The van der Waals surface area contributed by atoms with Gasteiger partial charge in [-0.3, -0.25) is 4.99 Å². The lowest BCUT2D eigenvalue weighted by Crippen LogP contribution is -2.32. The molecule has 4 aromatic rings. The Morgan fingerprint density at radius 1 is 0.976 bits per heavy atom. The third-order valence-electron chi connectivity index (χ3n) is 7.94. The zero-order chi connectivity index (χ0) is 30.0. The molecule has 2 atom stereocenters. The highest BCUT2D eigenvalue weighted by Crippen LogP contribution is 2.32. The minimum absolute atomic E-state index is 0.0644. The van der Waals surface area contributed by atoms with E-state index in [4.69, 9.17) is 21.3 Å². The minimum atomic E-state index is -1.00. The fraction of sp³-hybridized carbons (Fsp3) is 0.371. The normalized spacial score (nSPS) is 13.7. The summed E-state index contributed by atoms with van der Waals surface area (Å²) in [6.45, 7) is 17.2. The van der Waals surface area contributed by atoms with E-state index in [0.717, 1.165) is 22.4 Å². The topological polar surface area (TPSA) is 63.8 Å². The number of aromatic nitrogens is 1. The summed E-state index contributed by atoms with van der Waals surface area (Å²) in [6, 6.07) is 20.9. The van der Waals surface area contributed by atoms with Crippen LogP contribution >= 0.6 is 11.6 Å². The summed E-state index contributed by atoms with van der Waals surface area (Å²) in [5, 5.41) is 11.2. The van der Waals surface area contributed by atoms with E-state index in [2.05, 4.69) is 88.6 Å². The monoisotopic (exact) mass is 572 g/mol. The van der Waals surface area contributed by atoms with Gasteiger partial charge in [-0.05, 0) is 85.7 Å². The van der Waals surface area contributed by atoms with Gasteiger partial charge >= 0.3 is 5.97 Å². The van der Waals surface area contributed by atoms with Crippen molar-refractivity contribution < 1.29 is 14.6 Å². The standard InChI is InChI=1S/C35H41ClN2O3/c1-20(2)27-10-9-11-28(17-27)23(6)37-24(7)29-13-15-32-30(18-29)22(5)25(8)38(32)19-26-12-14-31(36)33(16-26)41-34(21(3)4)35(39)40/h9-18,20-21,23,34H,19H2,1-8H3,(H,39,40). The van der Waals surface area contributed by atoms with Gasteiger partial charge in [0, 0.05) is 34.8 Å². The molecule has 0 aliphatic heterocycles. The Balaban J connectivity index is 1.63. The molecule has 41 heavy (non-hydrogen) atoms. The molecule has 2 unspecified atom stereocenters. The van der Waals surface area contributed by atoms with Crippen LogP contribution in [-0.4, -0.2) is 27.5 Å². The van der Waals surface area contributed by atoms with Crippen molar-refractivity contribution in [1.82, 2.24) is 4.57 Å². The number of halogens is 1. The second-order valence-corrected chi connectivity index (χ2v) is 12.0. The molecule has 0 saturated heterocycles. The number of nitrogens with zero attached hydrogens (tertiary/aromatic N) is 2. The fourth-order valence-corrected chi connectivity index (χ4v) is 5.39. The second kappa shape index (κ2) is 12.5. The molecule has 216 valence electrons. The smallest absolute Gasteiger partial charge is 0.345 e. The molecule has 6 heteroatoms. The van der Waals surface area contributed by atoms with E-state index in [1.807, 2.05) is 26.0 Å². The van der Waals surface area contributed by atoms with Gasteiger partial charge in [0.1, 0.15) is 5.75 Å². The number of aliphatic carboxylic acids is 1. The Bertz CT molecular complexity index is 1600. The summed E-state index contributed by atoms with van der Waals surface area (Å²) >= 11 is 6.39. The molecule has 1 heterocycles. The molecule has 4 rings (SSSR count). The molecule has 0 saturated carbocycles. The summed E-state index contributed by atoms with van der Waals surface area (Å²) in [6.07, 6.45) is -0.968. The van der Waals surface area contributed by atoms with Gasteiger partial charge in [0.05, 0.1) is 11.1 Å². The Kier molecular flexibility index (Phi) is 9.28. The number of ether oxygens (including phenoxy) is 1. The van der Waals surface area contributed by atoms with Gasteiger partial charge in [-0.1, -0.05) is 75.7 Å². The maximum atomic E-state index is 11.7. The molecular weight excluding hydrogens is 532 g/mol. The van der Waals surface area contributed by atoms with E-state index in [1.54, 1.807) is 6.07 Å². The average Bonchev–Trinajstić information content (AvgIpc) is 3.16. The fourth-order valence-electron chi connectivity index (χ4n) is 5.22. The van der Waals surface area contributed by atoms with E-state index >= 15 is 0 Å². The van der Waals surface area contributed by atoms with Gasteiger partial charge in [0.15, 0.2) is 6.10 Å². The predicted molar refractivity (Wildman–Crippen MR) is 170 cm³/mol. The highest BCUT2D eigenvalue weighted by Gasteiger charge is 2.24. The Hall–Kier alpha value is -3.57. The Morgan fingerprint density at radius 3 is 2.34 bits per heavy atom. The maximum absolute atomic E-state index is 11.7. The number of aliphatic imine (C=N–C) groups is 1. The van der Waals surface area contributed by atoms with Gasteiger partial charge in [-0.2, -0.15) is 0 Å². The number of aryl methyl sites for hydroxylation is 1. The lowest BCUT2D eigenvalue weighted by atomic mass is 9.98. The number of carbonyl (C=O) groups is 1. The van der Waals surface area contributed by atoms with Crippen molar-refractivity contribution >= 4 is 34.2 Å². The van der Waals surface area contributed by atoms with E-state index < -0.39 is 12.1 Å². The van der Waals surface area contributed by atoms with Crippen LogP contribution in [0.1, 0.15) is 87.0 Å². The first-order valence-electron chi connectivity index (χ1n) is 14.3. The predicted octanol–water partition coefficient (Wildman–Crippen LogP) is 9.14. The first kappa shape index (κ1) is 30.4. The average molecular weight is 573 g/mol. The van der Waals surface area contributed by atoms with Gasteiger partial charge in [0.2, 0.25) is 0 Å². The van der Waals surface area contributed by atoms with E-state index in [1.165, 1.54) is 27.8 Å². The van der Waals surface area contributed by atoms with Crippen LogP contribution in [0.3, 0.4) is 0 Å². The molecule has 0 amide bonds. The number of carboxylic acids is 1. The Labute approximate surface area is 248 Å². The summed E-state index contributed by atoms with van der Waals surface area (Å²) in [7, 11) is 0. The molecular formula is C35H41ClN2O3. The quantitative estimate of drug-likeness (QED) is 0.193. The van der Waals surface area contributed by atoms with Crippen molar-refractivity contribution in [3.05, 3.63) is 99.2 Å². The van der Waals surface area contributed by atoms with Crippen LogP contribution in [0.15, 0.2) is 65.7 Å². The van der Waals surface area contributed by atoms with Crippen molar-refractivity contribution in [3.8, 4) is 5.75 Å². The number of hydrogen-bond donors (Lipinski definition) is 1. The van der Waals surface area contributed by atoms with Gasteiger partial charge in [0.25, 0.3) is 0 Å². The van der Waals surface area contributed by atoms with Crippen molar-refractivity contribution in [2.24, 2.45) is 10.9 Å². The third-order valence-corrected chi connectivity index (χ3v) is 8.26. The number of carboxylic acid groups (broad SMARTS) is 1. The summed E-state index contributed by atoms with van der Waals surface area (Å²) in [4.78, 5) is 16.7. The molecule has 0 bridgehead atoms. The first-order chi connectivity index (χ1) is 19.4. The summed E-state index contributed by atoms with van der Waals surface area (Å²) in [5.41, 5.74) is 9.20. The van der Waals surface area contributed by atoms with Crippen molar-refractivity contribution in [2.75, 3.05) is 0 Å². The maximum Gasteiger partial charge on any atom is 0.345 e. The van der Waals surface area contributed by atoms with Crippen LogP contribution < -0.4 is 4.74 Å². The van der Waals surface area contributed by atoms with Gasteiger partial charge in [-0.25, -0.2) is 4.79 Å². The van der Waals surface area contributed by atoms with Crippen LogP contribution in [0.5, 0.6) is 5.75 Å². The van der Waals surface area contributed by atoms with Crippen molar-refractivity contribution in [1.29, 1.82) is 0 Å². The minimum Gasteiger partial charge on any atom is -0.478 e. The lowest BCUT2D eigenvalue weighted by molar-refractivity contribution is -0.147. The van der Waals surface area contributed by atoms with E-state index in [0.29, 0.717) is 23.2 Å². The zero-order valence-corrected chi connectivity index (χ0v) is 26.1. The van der Waals surface area contributed by atoms with Crippen LogP contribution in [-0.2, 0) is 11.3 Å². The molecule has 0 aliphatic carbocycles. The number of fused-ring (bicyclic) bond motifs is 1.